The number of carbonyl (C=O) groups excluding carboxylic acids is 2. The molecule has 0 spiro atoms. The molecule has 1 fully saturated rings. The molecular formula is C18H25ClN4O4S. The Kier molecular flexibility index (Phi) is 7.99. The van der Waals surface area contributed by atoms with Gasteiger partial charge < -0.3 is 10.2 Å². The van der Waals surface area contributed by atoms with E-state index in [4.69, 9.17) is 11.6 Å². The minimum absolute atomic E-state index is 0.0481. The molecule has 1 aromatic rings. The molecule has 0 aromatic heterocycles. The van der Waals surface area contributed by atoms with E-state index < -0.39 is 16.1 Å². The van der Waals surface area contributed by atoms with E-state index in [9.17, 15) is 18.0 Å². The lowest BCUT2D eigenvalue weighted by atomic mass is 10.2. The van der Waals surface area contributed by atoms with Crippen molar-refractivity contribution in [2.24, 2.45) is 0 Å². The molecule has 1 aliphatic rings. The van der Waals surface area contributed by atoms with Crippen molar-refractivity contribution in [1.82, 2.24) is 19.8 Å². The third kappa shape index (κ3) is 6.30. The second-order valence-corrected chi connectivity index (χ2v) is 8.64. The Balaban J connectivity index is 1.86. The van der Waals surface area contributed by atoms with E-state index in [2.05, 4.69) is 16.6 Å². The van der Waals surface area contributed by atoms with Crippen molar-refractivity contribution in [3.63, 3.8) is 0 Å². The van der Waals surface area contributed by atoms with Crippen molar-refractivity contribution >= 4 is 33.4 Å². The summed E-state index contributed by atoms with van der Waals surface area (Å²) in [5.74, 6) is -0.392. The second-order valence-electron chi connectivity index (χ2n) is 6.49. The number of nitrogens with one attached hydrogen (secondary N) is 2. The average molecular weight is 429 g/mol. The summed E-state index contributed by atoms with van der Waals surface area (Å²) >= 11 is 5.78. The van der Waals surface area contributed by atoms with Crippen LogP contribution in [0.4, 0.5) is 0 Å². The molecule has 8 nitrogen and oxygen atoms in total. The quantitative estimate of drug-likeness (QED) is 0.586. The number of carbonyl (C=O) groups is 2. The lowest BCUT2D eigenvalue weighted by Crippen LogP contribution is -2.55. The van der Waals surface area contributed by atoms with Crippen LogP contribution in [0, 0.1) is 0 Å². The van der Waals surface area contributed by atoms with E-state index in [-0.39, 0.29) is 23.3 Å². The standard InChI is InChI=1S/C18H25ClN4O4S/c1-3-8-20-17(24)13-22-9-11-23(12-10-22)18(25)14(2)21-28(26,27)16-6-4-15(19)5-7-16/h3-7,14,21H,1,8-13H2,2H3,(H,20,24)/t14-/m0/s1. The Hall–Kier alpha value is -1.94. The van der Waals surface area contributed by atoms with Gasteiger partial charge in [0.15, 0.2) is 0 Å². The highest BCUT2D eigenvalue weighted by atomic mass is 35.5. The number of halogens is 1. The minimum atomic E-state index is -3.82. The Morgan fingerprint density at radius 2 is 1.82 bits per heavy atom. The molecule has 0 aliphatic carbocycles. The highest BCUT2D eigenvalue weighted by molar-refractivity contribution is 7.89. The average Bonchev–Trinajstić information content (AvgIpc) is 2.66. The van der Waals surface area contributed by atoms with Gasteiger partial charge >= 0.3 is 0 Å². The van der Waals surface area contributed by atoms with Gasteiger partial charge in [-0.25, -0.2) is 8.42 Å². The number of sulfonamides is 1. The molecule has 0 saturated carbocycles. The molecule has 1 aromatic carbocycles. The van der Waals surface area contributed by atoms with Gasteiger partial charge in [0.05, 0.1) is 17.5 Å². The molecule has 0 bridgehead atoms. The van der Waals surface area contributed by atoms with Crippen LogP contribution in [0.25, 0.3) is 0 Å². The molecule has 0 unspecified atom stereocenters. The molecule has 1 heterocycles. The van der Waals surface area contributed by atoms with E-state index in [1.54, 1.807) is 11.0 Å². The zero-order valence-corrected chi connectivity index (χ0v) is 17.3. The van der Waals surface area contributed by atoms with Crippen LogP contribution in [0.2, 0.25) is 5.02 Å². The van der Waals surface area contributed by atoms with E-state index in [0.29, 0.717) is 37.7 Å². The van der Waals surface area contributed by atoms with Crippen LogP contribution in [0.1, 0.15) is 6.92 Å². The van der Waals surface area contributed by atoms with Gasteiger partial charge in [0, 0.05) is 37.7 Å². The summed E-state index contributed by atoms with van der Waals surface area (Å²) in [6, 6.07) is 4.83. The molecule has 154 valence electrons. The highest BCUT2D eigenvalue weighted by Crippen LogP contribution is 2.14. The number of piperazine rings is 1. The maximum absolute atomic E-state index is 12.6. The number of hydrogen-bond donors (Lipinski definition) is 2. The fourth-order valence-corrected chi connectivity index (χ4v) is 4.13. The zero-order valence-electron chi connectivity index (χ0n) is 15.7. The SMILES string of the molecule is C=CCNC(=O)CN1CCN(C(=O)[C@H](C)NS(=O)(=O)c2ccc(Cl)cc2)CC1. The third-order valence-corrected chi connectivity index (χ3v) is 6.13. The lowest BCUT2D eigenvalue weighted by Gasteiger charge is -2.35. The first-order valence-corrected chi connectivity index (χ1v) is 10.8. The smallest absolute Gasteiger partial charge is 0.241 e. The minimum Gasteiger partial charge on any atom is -0.352 e. The number of amides is 2. The van der Waals surface area contributed by atoms with Crippen LogP contribution in [-0.4, -0.2) is 75.3 Å². The Labute approximate surface area is 170 Å². The second kappa shape index (κ2) is 10.0. The Morgan fingerprint density at radius 3 is 2.39 bits per heavy atom. The van der Waals surface area contributed by atoms with Crippen molar-refractivity contribution in [2.45, 2.75) is 17.9 Å². The molecule has 2 N–H and O–H groups in total. The van der Waals surface area contributed by atoms with Gasteiger partial charge in [0.1, 0.15) is 0 Å². The first-order chi connectivity index (χ1) is 13.2. The van der Waals surface area contributed by atoms with Crippen LogP contribution in [0.15, 0.2) is 41.8 Å². The maximum atomic E-state index is 12.6. The largest absolute Gasteiger partial charge is 0.352 e. The highest BCUT2D eigenvalue weighted by Gasteiger charge is 2.28. The van der Waals surface area contributed by atoms with E-state index in [1.807, 2.05) is 4.90 Å². The van der Waals surface area contributed by atoms with Crippen LogP contribution >= 0.6 is 11.6 Å². The Bertz CT molecular complexity index is 805. The molecule has 2 amide bonds. The summed E-state index contributed by atoms with van der Waals surface area (Å²) in [5, 5.41) is 3.14. The van der Waals surface area contributed by atoms with Crippen LogP contribution in [0.3, 0.4) is 0 Å². The summed E-state index contributed by atoms with van der Waals surface area (Å²) in [6.07, 6.45) is 1.61. The van der Waals surface area contributed by atoms with Gasteiger partial charge in [0.25, 0.3) is 0 Å². The van der Waals surface area contributed by atoms with Gasteiger partial charge in [-0.2, -0.15) is 4.72 Å². The van der Waals surface area contributed by atoms with Gasteiger partial charge in [-0.1, -0.05) is 17.7 Å². The number of hydrogen-bond acceptors (Lipinski definition) is 5. The van der Waals surface area contributed by atoms with Crippen molar-refractivity contribution in [1.29, 1.82) is 0 Å². The fourth-order valence-electron chi connectivity index (χ4n) is 2.81. The van der Waals surface area contributed by atoms with Crippen LogP contribution in [0.5, 0.6) is 0 Å². The fraction of sp³-hybridized carbons (Fsp3) is 0.444. The van der Waals surface area contributed by atoms with Gasteiger partial charge in [-0.3, -0.25) is 14.5 Å². The predicted octanol–water partition coefficient (Wildman–Crippen LogP) is 0.453. The van der Waals surface area contributed by atoms with E-state index in [0.717, 1.165) is 0 Å². The molecule has 1 saturated heterocycles. The summed E-state index contributed by atoms with van der Waals surface area (Å²) in [6.45, 7) is 7.70. The molecule has 10 heteroatoms. The topological polar surface area (TPSA) is 98.8 Å². The Morgan fingerprint density at radius 1 is 1.21 bits per heavy atom. The molecule has 28 heavy (non-hydrogen) atoms. The molecule has 2 rings (SSSR count). The molecule has 1 aliphatic heterocycles. The number of rotatable bonds is 8. The van der Waals surface area contributed by atoms with E-state index in [1.165, 1.54) is 31.2 Å². The summed E-state index contributed by atoms with van der Waals surface area (Å²) in [4.78, 5) is 27.9. The van der Waals surface area contributed by atoms with Gasteiger partial charge in [0.2, 0.25) is 21.8 Å². The van der Waals surface area contributed by atoms with E-state index >= 15 is 0 Å². The van der Waals surface area contributed by atoms with Crippen molar-refractivity contribution in [3.05, 3.63) is 41.9 Å². The molecular weight excluding hydrogens is 404 g/mol. The third-order valence-electron chi connectivity index (χ3n) is 4.32. The summed E-state index contributed by atoms with van der Waals surface area (Å²) in [7, 11) is -3.82. The monoisotopic (exact) mass is 428 g/mol. The van der Waals surface area contributed by atoms with Crippen molar-refractivity contribution in [2.75, 3.05) is 39.3 Å². The number of nitrogens with zero attached hydrogens (tertiary/aromatic N) is 2. The normalized spacial score (nSPS) is 16.4. The van der Waals surface area contributed by atoms with Crippen LogP contribution in [-0.2, 0) is 19.6 Å². The van der Waals surface area contributed by atoms with Gasteiger partial charge in [-0.05, 0) is 31.2 Å². The van der Waals surface area contributed by atoms with Crippen LogP contribution < -0.4 is 10.0 Å². The molecule has 1 atom stereocenters. The zero-order chi connectivity index (χ0) is 20.7. The lowest BCUT2D eigenvalue weighted by molar-refractivity contribution is -0.134. The molecule has 0 radical (unpaired) electrons. The summed E-state index contributed by atoms with van der Waals surface area (Å²) in [5.41, 5.74) is 0. The van der Waals surface area contributed by atoms with Crippen molar-refractivity contribution < 1.29 is 18.0 Å². The first-order valence-electron chi connectivity index (χ1n) is 8.89. The predicted molar refractivity (Wildman–Crippen MR) is 107 cm³/mol. The van der Waals surface area contributed by atoms with Crippen molar-refractivity contribution in [3.8, 4) is 0 Å². The summed E-state index contributed by atoms with van der Waals surface area (Å²) < 4.78 is 27.2. The maximum Gasteiger partial charge on any atom is 0.241 e. The first kappa shape index (κ1) is 22.4. The van der Waals surface area contributed by atoms with Gasteiger partial charge in [-0.15, -0.1) is 6.58 Å². The number of benzene rings is 1.